The van der Waals surface area contributed by atoms with Crippen LogP contribution in [0, 0.1) is 0 Å². The van der Waals surface area contributed by atoms with Crippen LogP contribution in [0.25, 0.3) is 0 Å². The van der Waals surface area contributed by atoms with E-state index in [1.54, 1.807) is 0 Å². The summed E-state index contributed by atoms with van der Waals surface area (Å²) in [5.41, 5.74) is -2.74. The van der Waals surface area contributed by atoms with Crippen LogP contribution in [-0.2, 0) is 58.1 Å². The number of aliphatic carboxylic acids is 5. The summed E-state index contributed by atoms with van der Waals surface area (Å²) in [6.45, 7) is 0. The quantitative estimate of drug-likeness (QED) is 0.162. The van der Waals surface area contributed by atoms with Crippen molar-refractivity contribution in [3.8, 4) is 0 Å². The summed E-state index contributed by atoms with van der Waals surface area (Å²) >= 11 is 0. The van der Waals surface area contributed by atoms with Gasteiger partial charge in [-0.15, -0.1) is 0 Å². The first kappa shape index (κ1) is 31.1. The van der Waals surface area contributed by atoms with E-state index in [4.69, 9.17) is 40.9 Å². The maximum Gasteiger partial charge on any atom is 0.336 e. The maximum absolute atomic E-state index is 10.3. The van der Waals surface area contributed by atoms with Crippen molar-refractivity contribution in [2.75, 3.05) is 0 Å². The van der Waals surface area contributed by atoms with Crippen LogP contribution in [0.3, 0.4) is 0 Å². The summed E-state index contributed by atoms with van der Waals surface area (Å²) < 4.78 is 0. The van der Waals surface area contributed by atoms with Crippen molar-refractivity contribution < 1.29 is 99.0 Å². The number of carboxylic acid groups (broad SMARTS) is 5. The molecular formula is C10H14Cu2O13. The van der Waals surface area contributed by atoms with E-state index >= 15 is 0 Å². The molecular weight excluding hydrogens is 455 g/mol. The third-order valence-corrected chi connectivity index (χ3v) is 2.09. The second-order valence-electron chi connectivity index (χ2n) is 4.04. The van der Waals surface area contributed by atoms with Crippen LogP contribution in [0.4, 0.5) is 0 Å². The molecule has 8 N–H and O–H groups in total. The fraction of sp³-hybridized carbons (Fsp3) is 0.500. The van der Waals surface area contributed by atoms with E-state index in [2.05, 4.69) is 0 Å². The zero-order valence-electron chi connectivity index (χ0n) is 11.8. The molecule has 0 aliphatic heterocycles. The fourth-order valence-electron chi connectivity index (χ4n) is 0.984. The van der Waals surface area contributed by atoms with Crippen molar-refractivity contribution in [1.29, 1.82) is 0 Å². The number of hydrogen-bond acceptors (Lipinski definition) is 8. The van der Waals surface area contributed by atoms with Crippen LogP contribution in [0.5, 0.6) is 0 Å². The van der Waals surface area contributed by atoms with E-state index < -0.39 is 60.5 Å². The number of aliphatic hydroxyl groups is 3. The largest absolute Gasteiger partial charge is 0.481 e. The van der Waals surface area contributed by atoms with Gasteiger partial charge in [-0.3, -0.25) is 9.59 Å². The SMILES string of the molecule is O=C(O)C(O)C(O)C(=O)O.O=C(O)CC(O)(CC(=O)O)C(=O)O.[Cu].[Cu]. The summed E-state index contributed by atoms with van der Waals surface area (Å²) in [5.74, 6) is -8.56. The van der Waals surface area contributed by atoms with Gasteiger partial charge in [0.15, 0.2) is 17.8 Å². The van der Waals surface area contributed by atoms with Gasteiger partial charge in [0.25, 0.3) is 0 Å². The van der Waals surface area contributed by atoms with Crippen molar-refractivity contribution in [2.24, 2.45) is 0 Å². The van der Waals surface area contributed by atoms with Crippen molar-refractivity contribution in [3.05, 3.63) is 0 Å². The molecule has 154 valence electrons. The fourth-order valence-corrected chi connectivity index (χ4v) is 0.984. The number of rotatable bonds is 8. The standard InChI is InChI=1S/C6H8O7.C4H6O6.2Cu/c7-3(8)1-6(13,5(11)12)2-4(9)10;5-1(3(7)8)2(6)4(9)10;;/h13H,1-2H2,(H,7,8)(H,9,10)(H,11,12);1-2,5-6H,(H,7,8)(H,9,10);;. The van der Waals surface area contributed by atoms with Crippen LogP contribution in [0.1, 0.15) is 12.8 Å². The van der Waals surface area contributed by atoms with Gasteiger partial charge in [0.2, 0.25) is 0 Å². The van der Waals surface area contributed by atoms with Crippen molar-refractivity contribution in [3.63, 3.8) is 0 Å². The Morgan fingerprint density at radius 2 is 0.920 bits per heavy atom. The molecule has 0 aromatic carbocycles. The molecule has 0 amide bonds. The average molecular weight is 469 g/mol. The molecule has 0 aliphatic carbocycles. The Balaban J connectivity index is -0.000000168. The van der Waals surface area contributed by atoms with E-state index in [0.29, 0.717) is 0 Å². The molecule has 25 heavy (non-hydrogen) atoms. The first-order chi connectivity index (χ1) is 10.2. The van der Waals surface area contributed by atoms with Gasteiger partial charge in [0.05, 0.1) is 12.8 Å². The normalized spacial score (nSPS) is 12.0. The second kappa shape index (κ2) is 13.5. The predicted octanol–water partition coefficient (Wildman–Crippen LogP) is -3.38. The summed E-state index contributed by atoms with van der Waals surface area (Å²) in [6, 6.07) is 0. The first-order valence-electron chi connectivity index (χ1n) is 5.45. The Morgan fingerprint density at radius 3 is 1.04 bits per heavy atom. The Hall–Kier alpha value is -1.73. The van der Waals surface area contributed by atoms with Gasteiger partial charge in [0.1, 0.15) is 0 Å². The molecule has 2 unspecified atom stereocenters. The van der Waals surface area contributed by atoms with Gasteiger partial charge in [-0.1, -0.05) is 0 Å². The third-order valence-electron chi connectivity index (χ3n) is 2.09. The van der Waals surface area contributed by atoms with E-state index in [9.17, 15) is 24.0 Å². The number of carbonyl (C=O) groups is 5. The molecule has 0 heterocycles. The van der Waals surface area contributed by atoms with E-state index in [0.717, 1.165) is 0 Å². The Morgan fingerprint density at radius 1 is 0.680 bits per heavy atom. The minimum absolute atomic E-state index is 0. The molecule has 0 fully saturated rings. The Bertz CT molecular complexity index is 457. The molecule has 0 saturated heterocycles. The van der Waals surface area contributed by atoms with Gasteiger partial charge in [0, 0.05) is 34.1 Å². The molecule has 15 heteroatoms. The Kier molecular flexibility index (Phi) is 16.8. The predicted molar refractivity (Wildman–Crippen MR) is 64.4 cm³/mol. The van der Waals surface area contributed by atoms with Gasteiger partial charge >= 0.3 is 29.8 Å². The van der Waals surface area contributed by atoms with Gasteiger partial charge < -0.3 is 40.9 Å². The Labute approximate surface area is 159 Å². The van der Waals surface area contributed by atoms with Gasteiger partial charge in [-0.25, -0.2) is 14.4 Å². The number of aliphatic hydroxyl groups excluding tert-OH is 2. The van der Waals surface area contributed by atoms with Crippen molar-refractivity contribution >= 4 is 29.8 Å². The summed E-state index contributed by atoms with van der Waals surface area (Å²) in [6.07, 6.45) is -6.82. The molecule has 0 aromatic rings. The molecule has 2 radical (unpaired) electrons. The minimum Gasteiger partial charge on any atom is -0.481 e. The molecule has 0 rings (SSSR count). The molecule has 0 saturated carbocycles. The van der Waals surface area contributed by atoms with Crippen molar-refractivity contribution in [1.82, 2.24) is 0 Å². The van der Waals surface area contributed by atoms with Crippen LogP contribution >= 0.6 is 0 Å². The van der Waals surface area contributed by atoms with Crippen molar-refractivity contribution in [2.45, 2.75) is 30.7 Å². The molecule has 0 aliphatic rings. The second-order valence-corrected chi connectivity index (χ2v) is 4.04. The topological polar surface area (TPSA) is 247 Å². The first-order valence-corrected chi connectivity index (χ1v) is 5.45. The molecule has 0 bridgehead atoms. The maximum atomic E-state index is 10.3. The third kappa shape index (κ3) is 13.3. The minimum atomic E-state index is -2.74. The van der Waals surface area contributed by atoms with Gasteiger partial charge in [-0.05, 0) is 0 Å². The average Bonchev–Trinajstić information content (AvgIpc) is 2.35. The van der Waals surface area contributed by atoms with E-state index in [1.807, 2.05) is 0 Å². The van der Waals surface area contributed by atoms with E-state index in [-0.39, 0.29) is 34.1 Å². The van der Waals surface area contributed by atoms with E-state index in [1.165, 1.54) is 0 Å². The zero-order valence-corrected chi connectivity index (χ0v) is 13.7. The summed E-state index contributed by atoms with van der Waals surface area (Å²) in [5, 5.41) is 66.3. The molecule has 13 nitrogen and oxygen atoms in total. The van der Waals surface area contributed by atoms with Crippen LogP contribution in [0.15, 0.2) is 0 Å². The summed E-state index contributed by atoms with van der Waals surface area (Å²) in [4.78, 5) is 50.0. The smallest absolute Gasteiger partial charge is 0.336 e. The zero-order chi connectivity index (χ0) is 19.0. The summed E-state index contributed by atoms with van der Waals surface area (Å²) in [7, 11) is 0. The number of carboxylic acids is 5. The number of hydrogen-bond donors (Lipinski definition) is 8. The molecule has 0 spiro atoms. The monoisotopic (exact) mass is 468 g/mol. The van der Waals surface area contributed by atoms with Crippen LogP contribution < -0.4 is 0 Å². The molecule has 2 atom stereocenters. The van der Waals surface area contributed by atoms with Gasteiger partial charge in [-0.2, -0.15) is 0 Å². The molecule has 0 aromatic heterocycles. The van der Waals surface area contributed by atoms with Crippen LogP contribution in [0.2, 0.25) is 0 Å². The van der Waals surface area contributed by atoms with Crippen LogP contribution in [-0.4, -0.2) is 88.5 Å².